The molecule has 0 spiro atoms. The predicted molar refractivity (Wildman–Crippen MR) is 105 cm³/mol. The van der Waals surface area contributed by atoms with Crippen molar-refractivity contribution in [3.63, 3.8) is 0 Å². The van der Waals surface area contributed by atoms with Crippen molar-refractivity contribution >= 4 is 40.8 Å². The number of thioether (sulfide) groups is 2. The van der Waals surface area contributed by atoms with E-state index in [0.717, 1.165) is 0 Å². The number of amides is 1. The van der Waals surface area contributed by atoms with Gasteiger partial charge in [-0.15, -0.1) is 0 Å². The number of aromatic hydroxyl groups is 2. The van der Waals surface area contributed by atoms with E-state index in [2.05, 4.69) is 5.10 Å². The number of anilines is 1. The topological polar surface area (TPSA) is 91.6 Å². The molecule has 3 heterocycles. The number of carbonyl (C=O) groups excluding carboxylic acids is 1. The van der Waals surface area contributed by atoms with Gasteiger partial charge < -0.3 is 19.7 Å². The molecule has 0 bridgehead atoms. The van der Waals surface area contributed by atoms with Crippen LogP contribution in [-0.4, -0.2) is 34.4 Å². The Hall–Kier alpha value is -2.46. The molecule has 1 amide bonds. The Morgan fingerprint density at radius 1 is 1.00 bits per heavy atom. The molecule has 1 fully saturated rings. The van der Waals surface area contributed by atoms with E-state index in [-0.39, 0.29) is 23.7 Å². The molecule has 1 saturated heterocycles. The van der Waals surface area contributed by atoms with E-state index in [4.69, 9.17) is 9.47 Å². The second kappa shape index (κ2) is 6.56. The smallest absolute Gasteiger partial charge is 0.282 e. The van der Waals surface area contributed by atoms with Crippen LogP contribution in [-0.2, 0) is 14.3 Å². The first-order valence-electron chi connectivity index (χ1n) is 8.47. The largest absolute Gasteiger partial charge is 0.507 e. The molecule has 0 aliphatic carbocycles. The molecule has 0 atom stereocenters. The summed E-state index contributed by atoms with van der Waals surface area (Å²) < 4.78 is 11.8. The molecule has 2 aromatic carbocycles. The summed E-state index contributed by atoms with van der Waals surface area (Å²) in [6.45, 7) is 1.76. The van der Waals surface area contributed by atoms with Gasteiger partial charge in [-0.25, -0.2) is 0 Å². The zero-order valence-corrected chi connectivity index (χ0v) is 16.2. The van der Waals surface area contributed by atoms with E-state index in [1.54, 1.807) is 19.1 Å². The Bertz CT molecular complexity index is 1010. The number of phenols is 2. The summed E-state index contributed by atoms with van der Waals surface area (Å²) >= 11 is 2.45. The summed E-state index contributed by atoms with van der Waals surface area (Å²) in [5.41, 5.74) is 1.36. The Labute approximate surface area is 168 Å². The van der Waals surface area contributed by atoms with Crippen LogP contribution >= 0.6 is 23.5 Å². The van der Waals surface area contributed by atoms with Crippen LogP contribution in [0.25, 0.3) is 0 Å². The van der Waals surface area contributed by atoms with Gasteiger partial charge in [0.1, 0.15) is 17.2 Å². The van der Waals surface area contributed by atoms with E-state index >= 15 is 0 Å². The number of hydrazone groups is 1. The second-order valence-electron chi connectivity index (χ2n) is 6.24. The lowest BCUT2D eigenvalue weighted by Crippen LogP contribution is -2.44. The molecule has 0 aromatic heterocycles. The van der Waals surface area contributed by atoms with Gasteiger partial charge in [0.25, 0.3) is 5.91 Å². The Morgan fingerprint density at radius 2 is 1.61 bits per heavy atom. The molecule has 3 aliphatic heterocycles. The molecule has 0 unspecified atom stereocenters. The van der Waals surface area contributed by atoms with Gasteiger partial charge in [0.2, 0.25) is 6.29 Å². The number of ether oxygens (including phenoxy) is 2. The number of carbonyl (C=O) groups is 1. The van der Waals surface area contributed by atoms with E-state index in [0.29, 0.717) is 31.0 Å². The fourth-order valence-corrected chi connectivity index (χ4v) is 5.67. The molecule has 28 heavy (non-hydrogen) atoms. The van der Waals surface area contributed by atoms with E-state index in [1.165, 1.54) is 40.7 Å². The molecular weight excluding hydrogens is 400 g/mol. The van der Waals surface area contributed by atoms with Crippen molar-refractivity contribution in [2.45, 2.75) is 29.3 Å². The predicted octanol–water partition coefficient (Wildman–Crippen LogP) is 3.63. The van der Waals surface area contributed by atoms with Gasteiger partial charge in [-0.05, 0) is 31.2 Å². The van der Waals surface area contributed by atoms with Crippen LogP contribution in [0.15, 0.2) is 67.2 Å². The van der Waals surface area contributed by atoms with Crippen molar-refractivity contribution in [3.8, 4) is 11.5 Å². The molecule has 142 valence electrons. The number of para-hydroxylation sites is 1. The van der Waals surface area contributed by atoms with Gasteiger partial charge in [-0.1, -0.05) is 41.7 Å². The number of hydrogen-bond donors (Lipinski definition) is 2. The van der Waals surface area contributed by atoms with Crippen LogP contribution in [0.5, 0.6) is 11.5 Å². The average molecular weight is 414 g/mol. The SMILES string of the molecule is CC1OC(C2=NN(c3ccccc3)C(=O)C2=C2Sc3c(O)ccc(O)c3S2)O1. The van der Waals surface area contributed by atoms with Crippen molar-refractivity contribution in [2.24, 2.45) is 5.10 Å². The summed E-state index contributed by atoms with van der Waals surface area (Å²) in [7, 11) is 0. The molecule has 0 saturated carbocycles. The zero-order chi connectivity index (χ0) is 19.4. The first kappa shape index (κ1) is 17.6. The third kappa shape index (κ3) is 2.70. The van der Waals surface area contributed by atoms with Crippen molar-refractivity contribution < 1.29 is 24.5 Å². The first-order valence-corrected chi connectivity index (χ1v) is 10.1. The Kier molecular flexibility index (Phi) is 4.13. The van der Waals surface area contributed by atoms with Crippen LogP contribution in [0.2, 0.25) is 0 Å². The van der Waals surface area contributed by atoms with Gasteiger partial charge in [-0.2, -0.15) is 10.1 Å². The lowest BCUT2D eigenvalue weighted by atomic mass is 10.1. The minimum absolute atomic E-state index is 0.0505. The van der Waals surface area contributed by atoms with Crippen molar-refractivity contribution in [1.29, 1.82) is 0 Å². The van der Waals surface area contributed by atoms with Gasteiger partial charge in [0, 0.05) is 0 Å². The molecule has 3 aliphatic rings. The molecule has 9 heteroatoms. The highest BCUT2D eigenvalue weighted by atomic mass is 32.2. The molecule has 2 N–H and O–H groups in total. The average Bonchev–Trinajstić information content (AvgIpc) is 3.25. The summed E-state index contributed by atoms with van der Waals surface area (Å²) in [6.07, 6.45) is -1.10. The summed E-state index contributed by atoms with van der Waals surface area (Å²) in [6, 6.07) is 11.9. The summed E-state index contributed by atoms with van der Waals surface area (Å²) in [5, 5.41) is 26.1. The van der Waals surface area contributed by atoms with Crippen LogP contribution in [0.4, 0.5) is 5.69 Å². The maximum absolute atomic E-state index is 13.2. The number of phenolic OH excluding ortho intramolecular Hbond substituents is 2. The highest BCUT2D eigenvalue weighted by Gasteiger charge is 2.45. The van der Waals surface area contributed by atoms with E-state index in [9.17, 15) is 15.0 Å². The minimum Gasteiger partial charge on any atom is -0.507 e. The lowest BCUT2D eigenvalue weighted by molar-refractivity contribution is -0.344. The number of benzene rings is 2. The van der Waals surface area contributed by atoms with Crippen molar-refractivity contribution in [1.82, 2.24) is 0 Å². The van der Waals surface area contributed by atoms with Crippen LogP contribution < -0.4 is 5.01 Å². The number of fused-ring (bicyclic) bond motifs is 1. The molecule has 5 rings (SSSR count). The highest BCUT2D eigenvalue weighted by Crippen LogP contribution is 2.59. The van der Waals surface area contributed by atoms with Crippen LogP contribution in [0, 0.1) is 0 Å². The number of hydrogen-bond acceptors (Lipinski definition) is 8. The fraction of sp³-hybridized carbons (Fsp3) is 0.158. The second-order valence-corrected chi connectivity index (χ2v) is 8.54. The van der Waals surface area contributed by atoms with Gasteiger partial charge >= 0.3 is 0 Å². The maximum atomic E-state index is 13.2. The summed E-state index contributed by atoms with van der Waals surface area (Å²) in [5.74, 6) is -0.209. The minimum atomic E-state index is -0.734. The monoisotopic (exact) mass is 414 g/mol. The normalized spacial score (nSPS) is 23.7. The summed E-state index contributed by atoms with van der Waals surface area (Å²) in [4.78, 5) is 14.3. The van der Waals surface area contributed by atoms with E-state index in [1.807, 2.05) is 18.2 Å². The number of rotatable bonds is 2. The van der Waals surface area contributed by atoms with Gasteiger partial charge in [0.05, 0.1) is 25.3 Å². The molecule has 7 nitrogen and oxygen atoms in total. The van der Waals surface area contributed by atoms with Crippen LogP contribution in [0.1, 0.15) is 6.92 Å². The quantitative estimate of drug-likeness (QED) is 0.573. The maximum Gasteiger partial charge on any atom is 0.282 e. The third-order valence-electron chi connectivity index (χ3n) is 4.39. The van der Waals surface area contributed by atoms with Crippen molar-refractivity contribution in [3.05, 3.63) is 52.3 Å². The molecule has 0 radical (unpaired) electrons. The highest BCUT2D eigenvalue weighted by molar-refractivity contribution is 8.25. The standard InChI is InChI=1S/C19H14N2O5S2/c1-9-25-18(26-9)14-13(17(24)21(20-14)10-5-3-2-4-6-10)19-27-15-11(22)7-8-12(23)16(15)28-19/h2-9,18,22-23H,1H3. The zero-order valence-electron chi connectivity index (χ0n) is 14.5. The Balaban J connectivity index is 1.59. The lowest BCUT2D eigenvalue weighted by Gasteiger charge is -2.33. The Morgan fingerprint density at radius 3 is 2.18 bits per heavy atom. The van der Waals surface area contributed by atoms with Gasteiger partial charge in [-0.3, -0.25) is 4.79 Å². The van der Waals surface area contributed by atoms with E-state index < -0.39 is 6.29 Å². The fourth-order valence-electron chi connectivity index (χ4n) is 3.05. The third-order valence-corrected chi connectivity index (χ3v) is 7.03. The van der Waals surface area contributed by atoms with Gasteiger partial charge in [0.15, 0.2) is 6.29 Å². The molecule has 2 aromatic rings. The first-order chi connectivity index (χ1) is 13.5. The number of nitrogens with zero attached hydrogens (tertiary/aromatic N) is 2. The van der Waals surface area contributed by atoms with Crippen LogP contribution in [0.3, 0.4) is 0 Å². The molecular formula is C19H14N2O5S2. The van der Waals surface area contributed by atoms with Crippen molar-refractivity contribution in [2.75, 3.05) is 5.01 Å².